The Kier molecular flexibility index (Phi) is 6.99. The number of aromatic nitrogens is 1. The molecule has 1 unspecified atom stereocenters. The summed E-state index contributed by atoms with van der Waals surface area (Å²) < 4.78 is 5.64. The van der Waals surface area contributed by atoms with Crippen LogP contribution in [0.5, 0.6) is 5.75 Å². The average Bonchev–Trinajstić information content (AvgIpc) is 3.67. The molecule has 1 amide bonds. The Labute approximate surface area is 197 Å². The monoisotopic (exact) mass is 446 g/mol. The van der Waals surface area contributed by atoms with Gasteiger partial charge in [0, 0.05) is 30.9 Å². The number of carbonyl (C=O) groups excluding carboxylic acids is 1. The molecule has 1 atom stereocenters. The molecule has 1 aliphatic carbocycles. The van der Waals surface area contributed by atoms with Gasteiger partial charge in [0.15, 0.2) is 0 Å². The molecule has 1 aromatic heterocycles. The highest BCUT2D eigenvalue weighted by molar-refractivity contribution is 5.97. The van der Waals surface area contributed by atoms with Crippen molar-refractivity contribution in [1.82, 2.24) is 14.8 Å². The van der Waals surface area contributed by atoms with Gasteiger partial charge in [-0.05, 0) is 81.8 Å². The number of nitriles is 1. The first-order chi connectivity index (χ1) is 16.0. The van der Waals surface area contributed by atoms with E-state index in [2.05, 4.69) is 42.1 Å². The Morgan fingerprint density at radius 2 is 2.09 bits per heavy atom. The van der Waals surface area contributed by atoms with E-state index in [1.807, 2.05) is 24.8 Å². The van der Waals surface area contributed by atoms with Crippen LogP contribution in [0.3, 0.4) is 0 Å². The van der Waals surface area contributed by atoms with Gasteiger partial charge in [0.25, 0.3) is 5.91 Å². The van der Waals surface area contributed by atoms with Gasteiger partial charge in [-0.1, -0.05) is 13.0 Å². The summed E-state index contributed by atoms with van der Waals surface area (Å²) >= 11 is 0. The molecule has 1 saturated carbocycles. The Morgan fingerprint density at radius 1 is 1.30 bits per heavy atom. The van der Waals surface area contributed by atoms with E-state index in [4.69, 9.17) is 4.74 Å². The summed E-state index contributed by atoms with van der Waals surface area (Å²) in [4.78, 5) is 22.4. The number of carbonyl (C=O) groups is 1. The number of hydrogen-bond donors (Lipinski definition) is 0. The molecule has 0 N–H and O–H groups in total. The van der Waals surface area contributed by atoms with E-state index < -0.39 is 0 Å². The number of likely N-dealkylation sites (N-methyl/N-ethyl adjacent to an activating group) is 1. The van der Waals surface area contributed by atoms with Crippen LogP contribution in [0.4, 0.5) is 0 Å². The maximum atomic E-state index is 13.7. The van der Waals surface area contributed by atoms with Crippen LogP contribution in [0.25, 0.3) is 0 Å². The van der Waals surface area contributed by atoms with Gasteiger partial charge in [-0.2, -0.15) is 5.26 Å². The fraction of sp³-hybridized carbons (Fsp3) is 0.519. The Morgan fingerprint density at radius 3 is 2.76 bits per heavy atom. The van der Waals surface area contributed by atoms with Crippen LogP contribution in [-0.4, -0.2) is 54.0 Å². The molecule has 1 aromatic carbocycles. The van der Waals surface area contributed by atoms with Crippen LogP contribution in [0.1, 0.15) is 83.9 Å². The zero-order valence-electron chi connectivity index (χ0n) is 20.2. The van der Waals surface area contributed by atoms with Crippen molar-refractivity contribution in [3.63, 3.8) is 0 Å². The Hall–Kier alpha value is -2.91. The highest BCUT2D eigenvalue weighted by Crippen LogP contribution is 2.44. The zero-order valence-corrected chi connectivity index (χ0v) is 20.2. The van der Waals surface area contributed by atoms with E-state index in [9.17, 15) is 10.1 Å². The lowest BCUT2D eigenvalue weighted by atomic mass is 9.88. The molecule has 0 saturated heterocycles. The zero-order chi connectivity index (χ0) is 23.5. The van der Waals surface area contributed by atoms with Gasteiger partial charge in [-0.3, -0.25) is 9.78 Å². The average molecular weight is 447 g/mol. The van der Waals surface area contributed by atoms with Gasteiger partial charge in [0.05, 0.1) is 18.3 Å². The second-order valence-corrected chi connectivity index (χ2v) is 9.21. The minimum Gasteiger partial charge on any atom is -0.492 e. The molecule has 0 bridgehead atoms. The first kappa shape index (κ1) is 23.3. The predicted octanol–water partition coefficient (Wildman–Crippen LogP) is 4.48. The van der Waals surface area contributed by atoms with Gasteiger partial charge < -0.3 is 14.5 Å². The van der Waals surface area contributed by atoms with Crippen molar-refractivity contribution in [2.24, 2.45) is 0 Å². The van der Waals surface area contributed by atoms with Gasteiger partial charge in [-0.15, -0.1) is 0 Å². The molecule has 1 fully saturated rings. The van der Waals surface area contributed by atoms with Gasteiger partial charge in [0.1, 0.15) is 17.4 Å². The van der Waals surface area contributed by atoms with Crippen LogP contribution < -0.4 is 4.74 Å². The molecule has 0 spiro atoms. The highest BCUT2D eigenvalue weighted by atomic mass is 16.5. The molecule has 2 aromatic rings. The van der Waals surface area contributed by atoms with Gasteiger partial charge in [0.2, 0.25) is 0 Å². The topological polar surface area (TPSA) is 69.5 Å². The fourth-order valence-corrected chi connectivity index (χ4v) is 4.66. The second kappa shape index (κ2) is 9.93. The predicted molar refractivity (Wildman–Crippen MR) is 129 cm³/mol. The number of benzene rings is 1. The minimum absolute atomic E-state index is 0.0838. The molecule has 6 heteroatoms. The lowest BCUT2D eigenvalue weighted by molar-refractivity contribution is 0.0668. The summed E-state index contributed by atoms with van der Waals surface area (Å²) in [6, 6.07) is 8.23. The quantitative estimate of drug-likeness (QED) is 0.568. The lowest BCUT2D eigenvalue weighted by Gasteiger charge is -2.35. The molecule has 33 heavy (non-hydrogen) atoms. The van der Waals surface area contributed by atoms with Crippen LogP contribution in [-0.2, 0) is 12.8 Å². The molecule has 2 heterocycles. The Bertz CT molecular complexity index is 1070. The first-order valence-electron chi connectivity index (χ1n) is 12.1. The maximum absolute atomic E-state index is 13.7. The van der Waals surface area contributed by atoms with E-state index in [0.29, 0.717) is 30.4 Å². The van der Waals surface area contributed by atoms with E-state index in [1.54, 1.807) is 6.20 Å². The third kappa shape index (κ3) is 4.89. The van der Waals surface area contributed by atoms with Crippen molar-refractivity contribution >= 4 is 5.91 Å². The van der Waals surface area contributed by atoms with E-state index in [1.165, 1.54) is 29.5 Å². The summed E-state index contributed by atoms with van der Waals surface area (Å²) in [5, 5.41) is 9.33. The van der Waals surface area contributed by atoms with Crippen LogP contribution >= 0.6 is 0 Å². The van der Waals surface area contributed by atoms with E-state index in [-0.39, 0.29) is 11.9 Å². The summed E-state index contributed by atoms with van der Waals surface area (Å²) in [6.45, 7) is 9.23. The molecule has 4 rings (SSSR count). The van der Waals surface area contributed by atoms with Crippen molar-refractivity contribution in [2.75, 3.05) is 33.3 Å². The number of pyridine rings is 1. The molecule has 6 nitrogen and oxygen atoms in total. The number of amides is 1. The van der Waals surface area contributed by atoms with Crippen molar-refractivity contribution in [1.29, 1.82) is 5.26 Å². The number of fused-ring (bicyclic) bond motifs is 1. The maximum Gasteiger partial charge on any atom is 0.254 e. The van der Waals surface area contributed by atoms with Crippen LogP contribution in [0.2, 0.25) is 0 Å². The molecule has 2 aliphatic rings. The summed E-state index contributed by atoms with van der Waals surface area (Å²) in [5.74, 6) is 1.23. The highest BCUT2D eigenvalue weighted by Gasteiger charge is 2.35. The Balaban J connectivity index is 1.63. The molecule has 0 radical (unpaired) electrons. The van der Waals surface area contributed by atoms with Crippen LogP contribution in [0, 0.1) is 11.3 Å². The summed E-state index contributed by atoms with van der Waals surface area (Å²) in [6.07, 6.45) is 5.84. The van der Waals surface area contributed by atoms with Crippen LogP contribution in [0.15, 0.2) is 24.4 Å². The lowest BCUT2D eigenvalue weighted by Crippen LogP contribution is -2.40. The minimum atomic E-state index is -0.197. The van der Waals surface area contributed by atoms with E-state index in [0.717, 1.165) is 37.2 Å². The van der Waals surface area contributed by atoms with Crippen molar-refractivity contribution in [3.8, 4) is 11.8 Å². The smallest absolute Gasteiger partial charge is 0.254 e. The van der Waals surface area contributed by atoms with Gasteiger partial charge >= 0.3 is 0 Å². The number of rotatable bonds is 9. The molecular formula is C27H34N4O2. The standard InChI is InChI=1S/C27H34N4O2/c1-5-30(4)11-9-19-13-23(20-7-8-20)22-10-12-31(27(32)24(22)14-19)18(3)25-15-26(33-6-2)21(16-28)17-29-25/h13-15,17-18,20H,5-12H2,1-4H3. The third-order valence-electron chi connectivity index (χ3n) is 6.98. The number of ether oxygens (including phenoxy) is 1. The molecule has 174 valence electrons. The molecule has 1 aliphatic heterocycles. The largest absolute Gasteiger partial charge is 0.492 e. The van der Waals surface area contributed by atoms with Crippen molar-refractivity contribution < 1.29 is 9.53 Å². The van der Waals surface area contributed by atoms with Gasteiger partial charge in [-0.25, -0.2) is 0 Å². The normalized spacial score (nSPS) is 16.5. The molecular weight excluding hydrogens is 412 g/mol. The van der Waals surface area contributed by atoms with E-state index >= 15 is 0 Å². The third-order valence-corrected chi connectivity index (χ3v) is 6.98. The van der Waals surface area contributed by atoms with Crippen molar-refractivity contribution in [2.45, 2.75) is 58.4 Å². The SMILES string of the molecule is CCOc1cc(C(C)N2CCc3c(cc(CCN(C)CC)cc3C3CC3)C2=O)ncc1C#N. The number of hydrogen-bond acceptors (Lipinski definition) is 5. The number of nitrogens with zero attached hydrogens (tertiary/aromatic N) is 4. The second-order valence-electron chi connectivity index (χ2n) is 9.21. The van der Waals surface area contributed by atoms with Crippen molar-refractivity contribution in [3.05, 3.63) is 57.9 Å². The first-order valence-corrected chi connectivity index (χ1v) is 12.1. The fourth-order valence-electron chi connectivity index (χ4n) is 4.66. The summed E-state index contributed by atoms with van der Waals surface area (Å²) in [5.41, 5.74) is 5.94. The summed E-state index contributed by atoms with van der Waals surface area (Å²) in [7, 11) is 2.13.